The molecule has 2 aromatic rings. The van der Waals surface area contributed by atoms with E-state index in [1.165, 1.54) is 33.0 Å². The predicted octanol–water partition coefficient (Wildman–Crippen LogP) is 7.44. The average molecular weight is 304 g/mol. The van der Waals surface area contributed by atoms with Crippen LogP contribution in [0.4, 0.5) is 4.39 Å². The second kappa shape index (κ2) is 13.1. The van der Waals surface area contributed by atoms with E-state index < -0.39 is 0 Å². The molecule has 0 aliphatic heterocycles. The highest BCUT2D eigenvalue weighted by Gasteiger charge is 2.05. The van der Waals surface area contributed by atoms with Gasteiger partial charge >= 0.3 is 0 Å². The van der Waals surface area contributed by atoms with Gasteiger partial charge in [0.05, 0.1) is 7.18 Å². The van der Waals surface area contributed by atoms with Crippen LogP contribution in [0.5, 0.6) is 0 Å². The van der Waals surface area contributed by atoms with Gasteiger partial charge in [-0.1, -0.05) is 64.1 Å². The summed E-state index contributed by atoms with van der Waals surface area (Å²) < 4.78 is 9.50. The predicted molar refractivity (Wildman–Crippen MR) is 103 cm³/mol. The Bertz CT molecular complexity index is 566. The molecular formula is C21H33F. The minimum atomic E-state index is 0.500. The lowest BCUT2D eigenvalue weighted by Gasteiger charge is -2.10. The van der Waals surface area contributed by atoms with Gasteiger partial charge in [0, 0.05) is 0 Å². The van der Waals surface area contributed by atoms with Gasteiger partial charge in [-0.3, -0.25) is 4.39 Å². The second-order valence-corrected chi connectivity index (χ2v) is 4.40. The molecule has 124 valence electrons. The van der Waals surface area contributed by atoms with Crippen molar-refractivity contribution < 1.29 is 4.39 Å². The summed E-state index contributed by atoms with van der Waals surface area (Å²) in [6.07, 6.45) is 4.31. The minimum absolute atomic E-state index is 0.500. The molecule has 0 heterocycles. The van der Waals surface area contributed by atoms with Gasteiger partial charge in [-0.15, -0.1) is 0 Å². The fraction of sp³-hybridized carbons (Fsp3) is 0.429. The Kier molecular flexibility index (Phi) is 13.4. The Morgan fingerprint density at radius 2 is 1.18 bits per heavy atom. The van der Waals surface area contributed by atoms with Crippen LogP contribution in [0, 0.1) is 20.8 Å². The van der Waals surface area contributed by atoms with E-state index in [1.54, 1.807) is 0 Å². The van der Waals surface area contributed by atoms with Gasteiger partial charge in [-0.05, 0) is 60.7 Å². The van der Waals surface area contributed by atoms with Crippen molar-refractivity contribution in [2.75, 3.05) is 7.18 Å². The molecule has 1 heteroatoms. The van der Waals surface area contributed by atoms with E-state index in [9.17, 15) is 4.39 Å². The zero-order valence-corrected chi connectivity index (χ0v) is 15.8. The number of aryl methyl sites for hydroxylation is 3. The first kappa shape index (κ1) is 22.6. The number of allylic oxidation sites excluding steroid dienone is 1. The molecule has 0 saturated carbocycles. The Balaban J connectivity index is 0. The minimum Gasteiger partial charge on any atom is -0.255 e. The molecule has 0 bridgehead atoms. The quantitative estimate of drug-likeness (QED) is 0.513. The third kappa shape index (κ3) is 5.63. The first-order chi connectivity index (χ1) is 10.6. The molecule has 0 aromatic heterocycles. The Morgan fingerprint density at radius 3 is 1.68 bits per heavy atom. The monoisotopic (exact) mass is 304 g/mol. The highest BCUT2D eigenvalue weighted by atomic mass is 19.1. The highest BCUT2D eigenvalue weighted by molar-refractivity contribution is 5.94. The van der Waals surface area contributed by atoms with Gasteiger partial charge in [-0.2, -0.15) is 0 Å². The maximum Gasteiger partial charge on any atom is 0.0785 e. The van der Waals surface area contributed by atoms with E-state index in [2.05, 4.69) is 64.1 Å². The van der Waals surface area contributed by atoms with E-state index in [4.69, 9.17) is 0 Å². The van der Waals surface area contributed by atoms with Crippen molar-refractivity contribution in [3.05, 3.63) is 52.6 Å². The molecule has 0 N–H and O–H groups in total. The van der Waals surface area contributed by atoms with Crippen LogP contribution in [-0.2, 0) is 0 Å². The Hall–Kier alpha value is -1.63. The number of hydrogen-bond donors (Lipinski definition) is 0. The molecule has 2 aromatic carbocycles. The Morgan fingerprint density at radius 1 is 0.727 bits per heavy atom. The van der Waals surface area contributed by atoms with Crippen LogP contribution in [0.25, 0.3) is 16.8 Å². The normalized spacial score (nSPS) is 9.18. The van der Waals surface area contributed by atoms with Crippen molar-refractivity contribution in [2.24, 2.45) is 0 Å². The van der Waals surface area contributed by atoms with Gasteiger partial charge < -0.3 is 0 Å². The summed E-state index contributed by atoms with van der Waals surface area (Å²) in [4.78, 5) is 0. The number of rotatable bonds is 1. The molecule has 0 nitrogen and oxygen atoms in total. The number of alkyl halides is 1. The van der Waals surface area contributed by atoms with Gasteiger partial charge in [-0.25, -0.2) is 0 Å². The molecule has 0 aliphatic rings. The second-order valence-electron chi connectivity index (χ2n) is 4.40. The third-order valence-corrected chi connectivity index (χ3v) is 3.33. The number of halogens is 1. The van der Waals surface area contributed by atoms with Gasteiger partial charge in [0.25, 0.3) is 0 Å². The lowest BCUT2D eigenvalue weighted by molar-refractivity contribution is 0.636. The van der Waals surface area contributed by atoms with E-state index >= 15 is 0 Å². The molecular weight excluding hydrogens is 271 g/mol. The molecule has 0 aliphatic carbocycles. The van der Waals surface area contributed by atoms with Crippen molar-refractivity contribution in [1.29, 1.82) is 0 Å². The van der Waals surface area contributed by atoms with E-state index in [1.807, 2.05) is 27.7 Å². The third-order valence-electron chi connectivity index (χ3n) is 3.33. The first-order valence-corrected chi connectivity index (χ1v) is 8.15. The number of benzene rings is 2. The number of fused-ring (bicyclic) bond motifs is 1. The average Bonchev–Trinajstić information content (AvgIpc) is 2.59. The van der Waals surface area contributed by atoms with Crippen LogP contribution in [0.2, 0.25) is 0 Å². The van der Waals surface area contributed by atoms with Crippen molar-refractivity contribution in [1.82, 2.24) is 0 Å². The largest absolute Gasteiger partial charge is 0.255 e. The molecule has 0 unspecified atom stereocenters. The van der Waals surface area contributed by atoms with E-state index in [0.717, 1.165) is 0 Å². The Labute approximate surface area is 137 Å². The molecule has 0 atom stereocenters. The summed E-state index contributed by atoms with van der Waals surface area (Å²) in [5.74, 6) is 0. The van der Waals surface area contributed by atoms with Gasteiger partial charge in [0.1, 0.15) is 0 Å². The smallest absolute Gasteiger partial charge is 0.0785 e. The topological polar surface area (TPSA) is 0 Å². The zero-order chi connectivity index (χ0) is 17.7. The molecule has 2 rings (SSSR count). The standard InChI is InChI=1S/C16H18.2C2H6.CH3F/c1-5-6-14-12(3)8-9-15-13(4)11(2)7-10-16(14)15;3*1-2/h5-10H,1-4H3;2*1-2H3;1H3/b6-5-;;;. The SMILES string of the molecule is C/C=C\c1c(C)ccc2c(C)c(C)ccc12.CC.CC.CF. The van der Waals surface area contributed by atoms with E-state index in [-0.39, 0.29) is 0 Å². The fourth-order valence-corrected chi connectivity index (χ4v) is 2.19. The molecule has 0 fully saturated rings. The summed E-state index contributed by atoms with van der Waals surface area (Å²) in [6, 6.07) is 8.90. The summed E-state index contributed by atoms with van der Waals surface area (Å²) in [5.41, 5.74) is 5.45. The molecule has 0 saturated heterocycles. The van der Waals surface area contributed by atoms with Crippen LogP contribution in [0.3, 0.4) is 0 Å². The van der Waals surface area contributed by atoms with Crippen molar-refractivity contribution in [2.45, 2.75) is 55.4 Å². The molecule has 0 radical (unpaired) electrons. The van der Waals surface area contributed by atoms with Crippen molar-refractivity contribution in [3.8, 4) is 0 Å². The van der Waals surface area contributed by atoms with Crippen LogP contribution < -0.4 is 0 Å². The lowest BCUT2D eigenvalue weighted by atomic mass is 9.94. The number of hydrogen-bond acceptors (Lipinski definition) is 0. The summed E-state index contributed by atoms with van der Waals surface area (Å²) in [7, 11) is 0.500. The summed E-state index contributed by atoms with van der Waals surface area (Å²) in [6.45, 7) is 16.6. The van der Waals surface area contributed by atoms with Crippen LogP contribution in [0.1, 0.15) is 56.9 Å². The molecule has 0 spiro atoms. The zero-order valence-electron chi connectivity index (χ0n) is 15.8. The summed E-state index contributed by atoms with van der Waals surface area (Å²) >= 11 is 0. The van der Waals surface area contributed by atoms with Gasteiger partial charge in [0.2, 0.25) is 0 Å². The van der Waals surface area contributed by atoms with Crippen LogP contribution >= 0.6 is 0 Å². The fourth-order valence-electron chi connectivity index (χ4n) is 2.19. The van der Waals surface area contributed by atoms with Crippen LogP contribution in [0.15, 0.2) is 30.3 Å². The van der Waals surface area contributed by atoms with Crippen LogP contribution in [-0.4, -0.2) is 7.18 Å². The highest BCUT2D eigenvalue weighted by Crippen LogP contribution is 2.27. The summed E-state index contributed by atoms with van der Waals surface area (Å²) in [5, 5.41) is 2.74. The maximum atomic E-state index is 9.50. The molecule has 22 heavy (non-hydrogen) atoms. The van der Waals surface area contributed by atoms with E-state index in [0.29, 0.717) is 7.18 Å². The van der Waals surface area contributed by atoms with Crippen molar-refractivity contribution in [3.63, 3.8) is 0 Å². The van der Waals surface area contributed by atoms with Crippen molar-refractivity contribution >= 4 is 16.8 Å². The lowest BCUT2D eigenvalue weighted by Crippen LogP contribution is -1.88. The first-order valence-electron chi connectivity index (χ1n) is 8.15. The maximum absolute atomic E-state index is 9.50. The van der Waals surface area contributed by atoms with Gasteiger partial charge in [0.15, 0.2) is 0 Å². The molecule has 0 amide bonds.